The second-order valence-corrected chi connectivity index (χ2v) is 3.75. The Hall–Kier alpha value is -0.830. The van der Waals surface area contributed by atoms with E-state index in [0.29, 0.717) is 5.69 Å². The number of nitrogens with zero attached hydrogens (tertiary/aromatic N) is 1. The zero-order chi connectivity index (χ0) is 9.42. The number of halogens is 2. The molecule has 70 valence electrons. The normalized spacial score (nSPS) is 17.1. The highest BCUT2D eigenvalue weighted by atomic mass is 35.5. The van der Waals surface area contributed by atoms with Crippen LogP contribution in [0, 0.1) is 5.82 Å². The molecular weight excluding hydrogens is 191 g/mol. The first-order valence-electron chi connectivity index (χ1n) is 4.29. The Kier molecular flexibility index (Phi) is 2.12. The Morgan fingerprint density at radius 2 is 2.23 bits per heavy atom. The molecule has 4 heteroatoms. The SMILES string of the molecule is Nc1c(Cl)cnc(C2CCC2)c1F. The average molecular weight is 201 g/mol. The van der Waals surface area contributed by atoms with Crippen molar-refractivity contribution in [3.8, 4) is 0 Å². The molecule has 2 N–H and O–H groups in total. The van der Waals surface area contributed by atoms with Gasteiger partial charge in [-0.25, -0.2) is 4.39 Å². The number of hydrogen-bond acceptors (Lipinski definition) is 2. The molecule has 0 atom stereocenters. The number of anilines is 1. The summed E-state index contributed by atoms with van der Waals surface area (Å²) < 4.78 is 13.5. The lowest BCUT2D eigenvalue weighted by Crippen LogP contribution is -2.13. The van der Waals surface area contributed by atoms with Crippen molar-refractivity contribution in [2.45, 2.75) is 25.2 Å². The Morgan fingerprint density at radius 1 is 1.54 bits per heavy atom. The minimum atomic E-state index is -0.433. The molecule has 0 radical (unpaired) electrons. The van der Waals surface area contributed by atoms with E-state index >= 15 is 0 Å². The van der Waals surface area contributed by atoms with Gasteiger partial charge in [0.25, 0.3) is 0 Å². The molecule has 1 saturated carbocycles. The first-order chi connectivity index (χ1) is 6.20. The van der Waals surface area contributed by atoms with Crippen LogP contribution in [0.1, 0.15) is 30.9 Å². The number of rotatable bonds is 1. The molecule has 2 rings (SSSR count). The van der Waals surface area contributed by atoms with Crippen LogP contribution in [0.15, 0.2) is 6.20 Å². The van der Waals surface area contributed by atoms with Crippen LogP contribution in [-0.4, -0.2) is 4.98 Å². The molecular formula is C9H10ClFN2. The summed E-state index contributed by atoms with van der Waals surface area (Å²) in [6.45, 7) is 0. The fraction of sp³-hybridized carbons (Fsp3) is 0.444. The van der Waals surface area contributed by atoms with Gasteiger partial charge >= 0.3 is 0 Å². The summed E-state index contributed by atoms with van der Waals surface area (Å²) in [7, 11) is 0. The molecule has 0 bridgehead atoms. The van der Waals surface area contributed by atoms with Crippen LogP contribution in [0.5, 0.6) is 0 Å². The summed E-state index contributed by atoms with van der Waals surface area (Å²) in [5, 5.41) is 0.195. The molecule has 1 aliphatic rings. The van der Waals surface area contributed by atoms with Gasteiger partial charge in [0.1, 0.15) is 0 Å². The van der Waals surface area contributed by atoms with E-state index in [0.717, 1.165) is 19.3 Å². The van der Waals surface area contributed by atoms with Gasteiger partial charge in [0, 0.05) is 12.1 Å². The summed E-state index contributed by atoms with van der Waals surface area (Å²) in [5.41, 5.74) is 5.96. The lowest BCUT2D eigenvalue weighted by atomic mass is 9.82. The number of hydrogen-bond donors (Lipinski definition) is 1. The van der Waals surface area contributed by atoms with Gasteiger partial charge in [0.05, 0.1) is 16.4 Å². The third-order valence-corrected chi connectivity index (χ3v) is 2.83. The minimum Gasteiger partial charge on any atom is -0.395 e. The predicted molar refractivity (Wildman–Crippen MR) is 50.2 cm³/mol. The standard InChI is InChI=1S/C9H10ClFN2/c10-6-4-13-9(5-2-1-3-5)7(11)8(6)12/h4-5H,1-3H2,(H2,12,13). The van der Waals surface area contributed by atoms with Crippen molar-refractivity contribution in [3.05, 3.63) is 22.7 Å². The van der Waals surface area contributed by atoms with Crippen LogP contribution in [0.25, 0.3) is 0 Å². The largest absolute Gasteiger partial charge is 0.395 e. The predicted octanol–water partition coefficient (Wildman–Crippen LogP) is 2.72. The molecule has 1 aromatic heterocycles. The van der Waals surface area contributed by atoms with Gasteiger partial charge in [-0.05, 0) is 12.8 Å². The van der Waals surface area contributed by atoms with Crippen LogP contribution in [0.3, 0.4) is 0 Å². The van der Waals surface area contributed by atoms with E-state index in [1.807, 2.05) is 0 Å². The van der Waals surface area contributed by atoms with Gasteiger partial charge in [0.15, 0.2) is 5.82 Å². The lowest BCUT2D eigenvalue weighted by molar-refractivity contribution is 0.394. The zero-order valence-electron chi connectivity index (χ0n) is 7.06. The average Bonchev–Trinajstić information content (AvgIpc) is 2.03. The molecule has 0 spiro atoms. The van der Waals surface area contributed by atoms with Crippen molar-refractivity contribution < 1.29 is 4.39 Å². The van der Waals surface area contributed by atoms with Gasteiger partial charge in [-0.3, -0.25) is 4.98 Å². The summed E-state index contributed by atoms with van der Waals surface area (Å²) in [6, 6.07) is 0. The maximum atomic E-state index is 13.5. The van der Waals surface area contributed by atoms with E-state index in [-0.39, 0.29) is 16.6 Å². The molecule has 0 aromatic carbocycles. The van der Waals surface area contributed by atoms with E-state index < -0.39 is 5.82 Å². The van der Waals surface area contributed by atoms with Crippen LogP contribution >= 0.6 is 11.6 Å². The van der Waals surface area contributed by atoms with Gasteiger partial charge in [-0.1, -0.05) is 18.0 Å². The summed E-state index contributed by atoms with van der Waals surface area (Å²) in [4.78, 5) is 3.97. The monoisotopic (exact) mass is 200 g/mol. The number of nitrogens with two attached hydrogens (primary N) is 1. The number of pyridine rings is 1. The second kappa shape index (κ2) is 3.14. The molecule has 1 aliphatic carbocycles. The van der Waals surface area contributed by atoms with E-state index in [9.17, 15) is 4.39 Å². The molecule has 1 fully saturated rings. The van der Waals surface area contributed by atoms with Crippen LogP contribution in [0.2, 0.25) is 5.02 Å². The molecule has 2 nitrogen and oxygen atoms in total. The van der Waals surface area contributed by atoms with E-state index in [2.05, 4.69) is 4.98 Å². The highest BCUT2D eigenvalue weighted by molar-refractivity contribution is 6.32. The molecule has 0 unspecified atom stereocenters. The second-order valence-electron chi connectivity index (χ2n) is 3.35. The number of aromatic nitrogens is 1. The molecule has 0 aliphatic heterocycles. The van der Waals surface area contributed by atoms with Gasteiger partial charge in [-0.2, -0.15) is 0 Å². The lowest BCUT2D eigenvalue weighted by Gasteiger charge is -2.25. The molecule has 13 heavy (non-hydrogen) atoms. The van der Waals surface area contributed by atoms with E-state index in [1.54, 1.807) is 0 Å². The summed E-state index contributed by atoms with van der Waals surface area (Å²) in [5.74, 6) is -0.184. The fourth-order valence-corrected chi connectivity index (χ4v) is 1.59. The van der Waals surface area contributed by atoms with Crippen LogP contribution in [0.4, 0.5) is 10.1 Å². The van der Waals surface area contributed by atoms with Gasteiger partial charge < -0.3 is 5.73 Å². The van der Waals surface area contributed by atoms with Crippen molar-refractivity contribution in [1.82, 2.24) is 4.98 Å². The van der Waals surface area contributed by atoms with Gasteiger partial charge in [-0.15, -0.1) is 0 Å². The molecule has 1 aromatic rings. The van der Waals surface area contributed by atoms with Crippen LogP contribution < -0.4 is 5.73 Å². The number of nitrogen functional groups attached to an aromatic ring is 1. The van der Waals surface area contributed by atoms with Crippen molar-refractivity contribution in [3.63, 3.8) is 0 Å². The van der Waals surface area contributed by atoms with Crippen molar-refractivity contribution in [2.24, 2.45) is 0 Å². The highest BCUT2D eigenvalue weighted by Crippen LogP contribution is 2.38. The smallest absolute Gasteiger partial charge is 0.169 e. The van der Waals surface area contributed by atoms with Crippen molar-refractivity contribution in [1.29, 1.82) is 0 Å². The van der Waals surface area contributed by atoms with Crippen molar-refractivity contribution in [2.75, 3.05) is 5.73 Å². The van der Waals surface area contributed by atoms with E-state index in [4.69, 9.17) is 17.3 Å². The third kappa shape index (κ3) is 1.37. The maximum absolute atomic E-state index is 13.5. The van der Waals surface area contributed by atoms with E-state index in [1.165, 1.54) is 6.20 Å². The topological polar surface area (TPSA) is 38.9 Å². The highest BCUT2D eigenvalue weighted by Gasteiger charge is 2.25. The molecule has 0 amide bonds. The minimum absolute atomic E-state index is 0.0265. The fourth-order valence-electron chi connectivity index (χ4n) is 1.46. The first kappa shape index (κ1) is 8.75. The Morgan fingerprint density at radius 3 is 2.77 bits per heavy atom. The summed E-state index contributed by atoms with van der Waals surface area (Å²) in [6.07, 6.45) is 4.58. The third-order valence-electron chi connectivity index (χ3n) is 2.53. The zero-order valence-corrected chi connectivity index (χ0v) is 7.81. The first-order valence-corrected chi connectivity index (χ1v) is 4.67. The maximum Gasteiger partial charge on any atom is 0.169 e. The Balaban J connectivity index is 2.41. The Labute approximate surface area is 80.9 Å². The van der Waals surface area contributed by atoms with Crippen LogP contribution in [-0.2, 0) is 0 Å². The quantitative estimate of drug-likeness (QED) is 0.757. The molecule has 1 heterocycles. The Bertz CT molecular complexity index is 337. The van der Waals surface area contributed by atoms with Gasteiger partial charge in [0.2, 0.25) is 0 Å². The van der Waals surface area contributed by atoms with Crippen molar-refractivity contribution >= 4 is 17.3 Å². The molecule has 0 saturated heterocycles. The summed E-state index contributed by atoms with van der Waals surface area (Å²) >= 11 is 5.62.